The highest BCUT2D eigenvalue weighted by atomic mass is 16.3. The molecule has 0 fully saturated rings. The van der Waals surface area contributed by atoms with E-state index in [4.69, 9.17) is 5.11 Å². The predicted molar refractivity (Wildman–Crippen MR) is 61.0 cm³/mol. The first-order valence-corrected chi connectivity index (χ1v) is 5.66. The molecule has 15 heavy (non-hydrogen) atoms. The van der Waals surface area contributed by atoms with E-state index in [0.29, 0.717) is 0 Å². The molecule has 0 spiro atoms. The van der Waals surface area contributed by atoms with E-state index in [1.54, 1.807) is 6.92 Å². The zero-order chi connectivity index (χ0) is 10.7. The Labute approximate surface area is 90.5 Å². The molecule has 0 aliphatic heterocycles. The lowest BCUT2D eigenvalue weighted by Gasteiger charge is -2.08. The Morgan fingerprint density at radius 2 is 2.33 bits per heavy atom. The monoisotopic (exact) mass is 206 g/mol. The minimum Gasteiger partial charge on any atom is -0.393 e. The summed E-state index contributed by atoms with van der Waals surface area (Å²) >= 11 is 0. The summed E-state index contributed by atoms with van der Waals surface area (Å²) in [5.41, 5.74) is 2.65. The summed E-state index contributed by atoms with van der Waals surface area (Å²) in [5.74, 6) is 0.941. The van der Waals surface area contributed by atoms with E-state index in [9.17, 15) is 0 Å². The highest BCUT2D eigenvalue weighted by Crippen LogP contribution is 2.21. The van der Waals surface area contributed by atoms with Crippen LogP contribution in [0.4, 0.5) is 5.82 Å². The van der Waals surface area contributed by atoms with Gasteiger partial charge in [-0.25, -0.2) is 4.98 Å². The number of aliphatic hydroxyl groups is 1. The second kappa shape index (κ2) is 4.62. The Kier molecular flexibility index (Phi) is 3.21. The fourth-order valence-electron chi connectivity index (χ4n) is 1.93. The number of hydrogen-bond donors (Lipinski definition) is 2. The summed E-state index contributed by atoms with van der Waals surface area (Å²) in [6, 6.07) is 4.20. The van der Waals surface area contributed by atoms with Gasteiger partial charge in [0.1, 0.15) is 5.82 Å². The maximum absolute atomic E-state index is 9.12. The molecule has 1 atom stereocenters. The van der Waals surface area contributed by atoms with Crippen molar-refractivity contribution < 1.29 is 5.11 Å². The Balaban J connectivity index is 1.92. The van der Waals surface area contributed by atoms with Crippen molar-refractivity contribution in [1.29, 1.82) is 0 Å². The second-order valence-electron chi connectivity index (χ2n) is 4.22. The number of nitrogens with one attached hydrogen (secondary N) is 1. The molecule has 1 aromatic heterocycles. The van der Waals surface area contributed by atoms with E-state index < -0.39 is 0 Å². The van der Waals surface area contributed by atoms with Crippen LogP contribution in [0.2, 0.25) is 0 Å². The molecule has 1 heterocycles. The molecule has 2 N–H and O–H groups in total. The van der Waals surface area contributed by atoms with Crippen molar-refractivity contribution in [2.24, 2.45) is 0 Å². The van der Waals surface area contributed by atoms with Gasteiger partial charge in [0, 0.05) is 12.2 Å². The van der Waals surface area contributed by atoms with Crippen LogP contribution in [0.3, 0.4) is 0 Å². The molecule has 1 aliphatic rings. The maximum atomic E-state index is 9.12. The van der Waals surface area contributed by atoms with Gasteiger partial charge >= 0.3 is 0 Å². The number of hydrogen-bond acceptors (Lipinski definition) is 3. The summed E-state index contributed by atoms with van der Waals surface area (Å²) < 4.78 is 0. The van der Waals surface area contributed by atoms with Crippen LogP contribution in [-0.2, 0) is 12.8 Å². The van der Waals surface area contributed by atoms with Crippen molar-refractivity contribution in [3.8, 4) is 0 Å². The Morgan fingerprint density at radius 3 is 3.13 bits per heavy atom. The van der Waals surface area contributed by atoms with Gasteiger partial charge in [0.2, 0.25) is 0 Å². The van der Waals surface area contributed by atoms with Gasteiger partial charge in [-0.3, -0.25) is 0 Å². The van der Waals surface area contributed by atoms with Crippen LogP contribution in [0, 0.1) is 0 Å². The number of rotatable bonds is 4. The summed E-state index contributed by atoms with van der Waals surface area (Å²) in [4.78, 5) is 4.56. The number of aromatic nitrogens is 1. The summed E-state index contributed by atoms with van der Waals surface area (Å²) in [5, 5.41) is 12.4. The number of aliphatic hydroxyl groups excluding tert-OH is 1. The average molecular weight is 206 g/mol. The largest absolute Gasteiger partial charge is 0.393 e. The molecule has 0 amide bonds. The van der Waals surface area contributed by atoms with Crippen molar-refractivity contribution in [3.05, 3.63) is 23.4 Å². The smallest absolute Gasteiger partial charge is 0.126 e. The SMILES string of the molecule is CC(O)CCNc1ccc2c(n1)CCC2. The summed E-state index contributed by atoms with van der Waals surface area (Å²) in [6.45, 7) is 2.58. The zero-order valence-electron chi connectivity index (χ0n) is 9.16. The molecule has 0 radical (unpaired) electrons. The van der Waals surface area contributed by atoms with E-state index in [0.717, 1.165) is 25.2 Å². The molecule has 0 bridgehead atoms. The van der Waals surface area contributed by atoms with E-state index >= 15 is 0 Å². The number of pyridine rings is 1. The van der Waals surface area contributed by atoms with Crippen LogP contribution in [-0.4, -0.2) is 22.7 Å². The fourth-order valence-corrected chi connectivity index (χ4v) is 1.93. The highest BCUT2D eigenvalue weighted by molar-refractivity contribution is 5.40. The van der Waals surface area contributed by atoms with Crippen molar-refractivity contribution in [3.63, 3.8) is 0 Å². The second-order valence-corrected chi connectivity index (χ2v) is 4.22. The highest BCUT2D eigenvalue weighted by Gasteiger charge is 2.11. The van der Waals surface area contributed by atoms with Crippen molar-refractivity contribution in [2.75, 3.05) is 11.9 Å². The molecule has 3 nitrogen and oxygen atoms in total. The molecular weight excluding hydrogens is 188 g/mol. The standard InChI is InChI=1S/C12H18N2O/c1-9(15)7-8-13-12-6-5-10-3-2-4-11(10)14-12/h5-6,9,15H,2-4,7-8H2,1H3,(H,13,14). The number of nitrogens with zero attached hydrogens (tertiary/aromatic N) is 1. The topological polar surface area (TPSA) is 45.1 Å². The Bertz CT molecular complexity index is 336. The Morgan fingerprint density at radius 1 is 1.47 bits per heavy atom. The summed E-state index contributed by atoms with van der Waals surface area (Å²) in [6.07, 6.45) is 4.04. The van der Waals surface area contributed by atoms with Gasteiger partial charge in [-0.1, -0.05) is 6.07 Å². The quantitative estimate of drug-likeness (QED) is 0.789. The summed E-state index contributed by atoms with van der Waals surface area (Å²) in [7, 11) is 0. The van der Waals surface area contributed by atoms with Crippen LogP contribution in [0.25, 0.3) is 0 Å². The van der Waals surface area contributed by atoms with Crippen LogP contribution >= 0.6 is 0 Å². The van der Waals surface area contributed by atoms with Gasteiger partial charge < -0.3 is 10.4 Å². The predicted octanol–water partition coefficient (Wildman–Crippen LogP) is 1.75. The average Bonchev–Trinajstić information content (AvgIpc) is 2.64. The third kappa shape index (κ3) is 2.69. The first-order chi connectivity index (χ1) is 7.25. The molecule has 3 heteroatoms. The van der Waals surface area contributed by atoms with E-state index in [1.165, 1.54) is 24.1 Å². The van der Waals surface area contributed by atoms with Crippen molar-refractivity contribution in [1.82, 2.24) is 4.98 Å². The minimum absolute atomic E-state index is 0.244. The minimum atomic E-state index is -0.244. The Hall–Kier alpha value is -1.09. The molecule has 1 aromatic rings. The van der Waals surface area contributed by atoms with Crippen LogP contribution < -0.4 is 5.32 Å². The third-order valence-corrected chi connectivity index (χ3v) is 2.80. The van der Waals surface area contributed by atoms with Gasteiger partial charge in [-0.2, -0.15) is 0 Å². The number of fused-ring (bicyclic) bond motifs is 1. The molecule has 82 valence electrons. The van der Waals surface area contributed by atoms with Crippen LogP contribution in [0.15, 0.2) is 12.1 Å². The lowest BCUT2D eigenvalue weighted by molar-refractivity contribution is 0.188. The van der Waals surface area contributed by atoms with Crippen LogP contribution in [0.1, 0.15) is 31.0 Å². The molecular formula is C12H18N2O. The van der Waals surface area contributed by atoms with Gasteiger partial charge in [-0.05, 0) is 44.2 Å². The van der Waals surface area contributed by atoms with E-state index in [2.05, 4.69) is 16.4 Å². The lowest BCUT2D eigenvalue weighted by atomic mass is 10.2. The lowest BCUT2D eigenvalue weighted by Crippen LogP contribution is -2.10. The molecule has 1 unspecified atom stereocenters. The van der Waals surface area contributed by atoms with Gasteiger partial charge in [0.15, 0.2) is 0 Å². The normalized spacial score (nSPS) is 16.1. The van der Waals surface area contributed by atoms with Crippen molar-refractivity contribution >= 4 is 5.82 Å². The third-order valence-electron chi connectivity index (χ3n) is 2.80. The van der Waals surface area contributed by atoms with Gasteiger partial charge in [0.05, 0.1) is 6.10 Å². The first-order valence-electron chi connectivity index (χ1n) is 5.66. The van der Waals surface area contributed by atoms with Crippen molar-refractivity contribution in [2.45, 2.75) is 38.7 Å². The first kappa shape index (κ1) is 10.4. The molecule has 0 saturated heterocycles. The van der Waals surface area contributed by atoms with Crippen LogP contribution in [0.5, 0.6) is 0 Å². The van der Waals surface area contributed by atoms with E-state index in [-0.39, 0.29) is 6.10 Å². The maximum Gasteiger partial charge on any atom is 0.126 e. The fraction of sp³-hybridized carbons (Fsp3) is 0.583. The van der Waals surface area contributed by atoms with Gasteiger partial charge in [0.25, 0.3) is 0 Å². The molecule has 1 aliphatic carbocycles. The zero-order valence-corrected chi connectivity index (χ0v) is 9.16. The molecule has 2 rings (SSSR count). The molecule has 0 saturated carbocycles. The molecule has 0 aromatic carbocycles. The number of anilines is 1. The van der Waals surface area contributed by atoms with E-state index in [1.807, 2.05) is 6.07 Å². The number of aryl methyl sites for hydroxylation is 2. The van der Waals surface area contributed by atoms with Gasteiger partial charge in [-0.15, -0.1) is 0 Å².